The molecule has 0 aromatic heterocycles. The van der Waals surface area contributed by atoms with Gasteiger partial charge in [-0.3, -0.25) is 0 Å². The summed E-state index contributed by atoms with van der Waals surface area (Å²) in [7, 11) is 0. The molecule has 0 aliphatic heterocycles. The molecule has 0 bridgehead atoms. The maximum absolute atomic E-state index is 12.6. The maximum Gasteiger partial charge on any atom is 0.508 e. The minimum atomic E-state index is -0.716. The molecule has 0 aromatic rings. The predicted octanol–water partition coefficient (Wildman–Crippen LogP) is 8.56. The van der Waals surface area contributed by atoms with Crippen LogP contribution in [0, 0.1) is 22.7 Å². The van der Waals surface area contributed by atoms with Crippen LogP contribution in [-0.4, -0.2) is 37.7 Å². The SMILES string of the molecule is CCCCC(CC)COC(=O)OC(C(OC(=O)OCC(CC)CCCC)C(C)(C)C)C(C)(C)C. The molecule has 0 aliphatic rings. The Morgan fingerprint density at radius 1 is 0.618 bits per heavy atom. The molecule has 0 aliphatic carbocycles. The molecule has 4 unspecified atom stereocenters. The molecule has 6 nitrogen and oxygen atoms in total. The van der Waals surface area contributed by atoms with Gasteiger partial charge in [0.1, 0.15) is 12.2 Å². The Bertz CT molecular complexity index is 510. The van der Waals surface area contributed by atoms with E-state index in [0.717, 1.165) is 51.4 Å². The van der Waals surface area contributed by atoms with E-state index < -0.39 is 35.3 Å². The van der Waals surface area contributed by atoms with Crippen LogP contribution in [0.5, 0.6) is 0 Å². The highest BCUT2D eigenvalue weighted by Gasteiger charge is 2.45. The van der Waals surface area contributed by atoms with Crippen LogP contribution in [0.1, 0.15) is 121 Å². The lowest BCUT2D eigenvalue weighted by molar-refractivity contribution is -0.127. The fraction of sp³-hybridized carbons (Fsp3) is 0.929. The zero-order chi connectivity index (χ0) is 26.4. The fourth-order valence-corrected chi connectivity index (χ4v) is 3.83. The summed E-state index contributed by atoms with van der Waals surface area (Å²) in [6.07, 6.45) is 5.60. The van der Waals surface area contributed by atoms with E-state index in [9.17, 15) is 9.59 Å². The first-order chi connectivity index (χ1) is 15.8. The van der Waals surface area contributed by atoms with Crippen molar-refractivity contribution in [3.8, 4) is 0 Å². The van der Waals surface area contributed by atoms with Crippen molar-refractivity contribution in [2.75, 3.05) is 13.2 Å². The van der Waals surface area contributed by atoms with Gasteiger partial charge in [0.2, 0.25) is 0 Å². The Balaban J connectivity index is 5.28. The number of rotatable bonds is 15. The summed E-state index contributed by atoms with van der Waals surface area (Å²) >= 11 is 0. The molecule has 202 valence electrons. The average Bonchev–Trinajstić information content (AvgIpc) is 2.74. The molecule has 0 fully saturated rings. The molecular formula is C28H54O6. The summed E-state index contributed by atoms with van der Waals surface area (Å²) in [4.78, 5) is 25.3. The van der Waals surface area contributed by atoms with E-state index in [1.165, 1.54) is 0 Å². The van der Waals surface area contributed by atoms with Gasteiger partial charge in [0.25, 0.3) is 0 Å². The first kappa shape index (κ1) is 32.5. The van der Waals surface area contributed by atoms with Gasteiger partial charge in [-0.2, -0.15) is 0 Å². The third-order valence-electron chi connectivity index (χ3n) is 6.39. The molecule has 0 spiro atoms. The monoisotopic (exact) mass is 486 g/mol. The third kappa shape index (κ3) is 13.4. The number of unbranched alkanes of at least 4 members (excludes halogenated alkanes) is 2. The van der Waals surface area contributed by atoms with E-state index in [1.54, 1.807) is 0 Å². The van der Waals surface area contributed by atoms with E-state index >= 15 is 0 Å². The van der Waals surface area contributed by atoms with Gasteiger partial charge in [0.15, 0.2) is 0 Å². The number of hydrogen-bond donors (Lipinski definition) is 0. The Morgan fingerprint density at radius 2 is 0.941 bits per heavy atom. The summed E-state index contributed by atoms with van der Waals surface area (Å²) in [5.74, 6) is 0.647. The second-order valence-electron chi connectivity index (χ2n) is 11.8. The van der Waals surface area contributed by atoms with Crippen molar-refractivity contribution in [3.05, 3.63) is 0 Å². The topological polar surface area (TPSA) is 71.1 Å². The molecule has 34 heavy (non-hydrogen) atoms. The summed E-state index contributed by atoms with van der Waals surface area (Å²) < 4.78 is 22.6. The Hall–Kier alpha value is -1.46. The zero-order valence-electron chi connectivity index (χ0n) is 23.8. The smallest absolute Gasteiger partial charge is 0.434 e. The average molecular weight is 487 g/mol. The van der Waals surface area contributed by atoms with Crippen LogP contribution in [0.4, 0.5) is 9.59 Å². The summed E-state index contributed by atoms with van der Waals surface area (Å²) in [5.41, 5.74) is -0.951. The van der Waals surface area contributed by atoms with E-state index in [2.05, 4.69) is 27.7 Å². The molecule has 0 rings (SSSR count). The largest absolute Gasteiger partial charge is 0.508 e. The lowest BCUT2D eigenvalue weighted by atomic mass is 9.76. The van der Waals surface area contributed by atoms with Crippen molar-refractivity contribution in [3.63, 3.8) is 0 Å². The standard InChI is InChI=1S/C28H54O6/c1-11-15-17-21(13-3)19-31-25(29)33-23(27(5,6)7)24(28(8,9)10)34-26(30)32-20-22(14-4)18-16-12-2/h21-24H,11-20H2,1-10H3. The Kier molecular flexibility index (Phi) is 15.6. The van der Waals surface area contributed by atoms with Crippen LogP contribution < -0.4 is 0 Å². The molecule has 0 saturated heterocycles. The van der Waals surface area contributed by atoms with Crippen molar-refractivity contribution in [1.29, 1.82) is 0 Å². The molecule has 0 radical (unpaired) electrons. The van der Waals surface area contributed by atoms with Gasteiger partial charge < -0.3 is 18.9 Å². The van der Waals surface area contributed by atoms with Gasteiger partial charge in [-0.25, -0.2) is 9.59 Å². The van der Waals surface area contributed by atoms with Crippen molar-refractivity contribution in [2.45, 2.75) is 133 Å². The van der Waals surface area contributed by atoms with Crippen molar-refractivity contribution < 1.29 is 28.5 Å². The van der Waals surface area contributed by atoms with E-state index in [0.29, 0.717) is 25.0 Å². The summed E-state index contributed by atoms with van der Waals surface area (Å²) in [5, 5.41) is 0. The van der Waals surface area contributed by atoms with Crippen molar-refractivity contribution >= 4 is 12.3 Å². The van der Waals surface area contributed by atoms with Crippen LogP contribution in [-0.2, 0) is 18.9 Å². The van der Waals surface area contributed by atoms with Gasteiger partial charge in [-0.05, 0) is 24.7 Å². The molecule has 4 atom stereocenters. The molecular weight excluding hydrogens is 432 g/mol. The third-order valence-corrected chi connectivity index (χ3v) is 6.39. The lowest BCUT2D eigenvalue weighted by Gasteiger charge is -2.41. The van der Waals surface area contributed by atoms with Crippen LogP contribution in [0.3, 0.4) is 0 Å². The Morgan fingerprint density at radius 3 is 1.18 bits per heavy atom. The highest BCUT2D eigenvalue weighted by atomic mass is 16.8. The molecule has 0 heterocycles. The minimum absolute atomic E-state index is 0.324. The minimum Gasteiger partial charge on any atom is -0.434 e. The predicted molar refractivity (Wildman–Crippen MR) is 138 cm³/mol. The quantitative estimate of drug-likeness (QED) is 0.216. The van der Waals surface area contributed by atoms with Crippen molar-refractivity contribution in [2.24, 2.45) is 22.7 Å². The van der Waals surface area contributed by atoms with Crippen LogP contribution in [0.2, 0.25) is 0 Å². The van der Waals surface area contributed by atoms with Crippen LogP contribution >= 0.6 is 0 Å². The molecule has 0 amide bonds. The van der Waals surface area contributed by atoms with Crippen molar-refractivity contribution in [1.82, 2.24) is 0 Å². The Labute approximate surface area is 209 Å². The van der Waals surface area contributed by atoms with Gasteiger partial charge in [-0.15, -0.1) is 0 Å². The number of carbonyl (C=O) groups is 2. The summed E-state index contributed by atoms with van der Waals surface area (Å²) in [6, 6.07) is 0. The van der Waals surface area contributed by atoms with E-state index in [4.69, 9.17) is 18.9 Å². The summed E-state index contributed by atoms with van der Waals surface area (Å²) in [6.45, 7) is 21.0. The molecule has 0 N–H and O–H groups in total. The first-order valence-corrected chi connectivity index (χ1v) is 13.5. The van der Waals surface area contributed by atoms with Crippen LogP contribution in [0.25, 0.3) is 0 Å². The fourth-order valence-electron chi connectivity index (χ4n) is 3.83. The lowest BCUT2D eigenvalue weighted by Crippen LogP contribution is -2.50. The molecule has 0 saturated carbocycles. The van der Waals surface area contributed by atoms with Gasteiger partial charge in [0, 0.05) is 10.8 Å². The zero-order valence-corrected chi connectivity index (χ0v) is 23.8. The second-order valence-corrected chi connectivity index (χ2v) is 11.8. The van der Waals surface area contributed by atoms with Crippen LogP contribution in [0.15, 0.2) is 0 Å². The second kappa shape index (κ2) is 16.3. The first-order valence-electron chi connectivity index (χ1n) is 13.5. The number of carbonyl (C=O) groups excluding carboxylic acids is 2. The molecule has 6 heteroatoms. The van der Waals surface area contributed by atoms with E-state index in [1.807, 2.05) is 41.5 Å². The van der Waals surface area contributed by atoms with Gasteiger partial charge in [-0.1, -0.05) is 108 Å². The van der Waals surface area contributed by atoms with Gasteiger partial charge >= 0.3 is 12.3 Å². The maximum atomic E-state index is 12.6. The number of hydrogen-bond acceptors (Lipinski definition) is 6. The van der Waals surface area contributed by atoms with Gasteiger partial charge in [0.05, 0.1) is 13.2 Å². The normalized spacial score (nSPS) is 15.7. The highest BCUT2D eigenvalue weighted by Crippen LogP contribution is 2.36. The molecule has 0 aromatic carbocycles. The van der Waals surface area contributed by atoms with E-state index in [-0.39, 0.29) is 0 Å². The highest BCUT2D eigenvalue weighted by molar-refractivity contribution is 5.61. The number of ether oxygens (including phenoxy) is 4.